The van der Waals surface area contributed by atoms with Crippen LogP contribution < -0.4 is 0 Å². The van der Waals surface area contributed by atoms with Gasteiger partial charge in [0.1, 0.15) is 0 Å². The molecule has 0 saturated carbocycles. The molecule has 0 saturated heterocycles. The van der Waals surface area contributed by atoms with Crippen molar-refractivity contribution in [3.8, 4) is 0 Å². The fraction of sp³-hybridized carbons (Fsp3) is 0.857. The standard InChI is InChI=1S/C28H53N/c1-3-5-7-9-11-13-14-16-18-20-24-28(27-29-25-21-22-26-29)23-19-17-15-12-10-8-6-4-2/h21-22,25-26,28H,3-20,23-24,27H2,1-2H3. The Labute approximate surface area is 184 Å². The van der Waals surface area contributed by atoms with Gasteiger partial charge in [0.2, 0.25) is 0 Å². The number of unbranched alkanes of at least 4 members (excludes halogenated alkanes) is 16. The van der Waals surface area contributed by atoms with E-state index in [1.54, 1.807) is 0 Å². The van der Waals surface area contributed by atoms with Crippen molar-refractivity contribution in [1.29, 1.82) is 0 Å². The van der Waals surface area contributed by atoms with Gasteiger partial charge in [-0.05, 0) is 30.9 Å². The molecule has 1 atom stereocenters. The third kappa shape index (κ3) is 16.7. The van der Waals surface area contributed by atoms with Gasteiger partial charge in [0.25, 0.3) is 0 Å². The Kier molecular flexibility index (Phi) is 18.6. The lowest BCUT2D eigenvalue weighted by molar-refractivity contribution is 0.357. The summed E-state index contributed by atoms with van der Waals surface area (Å²) in [6, 6.07) is 4.35. The summed E-state index contributed by atoms with van der Waals surface area (Å²) in [6.07, 6.45) is 33.3. The van der Waals surface area contributed by atoms with Crippen molar-refractivity contribution in [2.45, 2.75) is 149 Å². The van der Waals surface area contributed by atoms with Gasteiger partial charge >= 0.3 is 0 Å². The maximum atomic E-state index is 2.41. The Bertz CT molecular complexity index is 408. The SMILES string of the molecule is CCCCCCCCCCCCC(CCCCCCCCCC)Cn1cccc1. The van der Waals surface area contributed by atoms with E-state index in [9.17, 15) is 0 Å². The Morgan fingerprint density at radius 3 is 1.21 bits per heavy atom. The number of hydrogen-bond donors (Lipinski definition) is 0. The van der Waals surface area contributed by atoms with Crippen molar-refractivity contribution in [2.24, 2.45) is 5.92 Å². The second kappa shape index (κ2) is 20.5. The van der Waals surface area contributed by atoms with Gasteiger partial charge in [0.05, 0.1) is 0 Å². The largest absolute Gasteiger partial charge is 0.354 e. The van der Waals surface area contributed by atoms with E-state index in [1.807, 2.05) is 0 Å². The highest BCUT2D eigenvalue weighted by Crippen LogP contribution is 2.21. The lowest BCUT2D eigenvalue weighted by Gasteiger charge is -2.18. The molecule has 0 aliphatic rings. The lowest BCUT2D eigenvalue weighted by Crippen LogP contribution is -2.10. The molecule has 0 N–H and O–H groups in total. The lowest BCUT2D eigenvalue weighted by atomic mass is 9.94. The summed E-state index contributed by atoms with van der Waals surface area (Å²) in [7, 11) is 0. The van der Waals surface area contributed by atoms with Crippen LogP contribution >= 0.6 is 0 Å². The minimum Gasteiger partial charge on any atom is -0.354 e. The molecule has 1 aromatic heterocycles. The molecular formula is C28H53N. The molecule has 1 nitrogen and oxygen atoms in total. The molecule has 0 aliphatic carbocycles. The normalized spacial score (nSPS) is 12.5. The monoisotopic (exact) mass is 403 g/mol. The fourth-order valence-electron chi connectivity index (χ4n) is 4.60. The van der Waals surface area contributed by atoms with Crippen LogP contribution in [0, 0.1) is 5.92 Å². The first kappa shape index (κ1) is 26.3. The molecular weight excluding hydrogens is 350 g/mol. The second-order valence-electron chi connectivity index (χ2n) is 9.48. The van der Waals surface area contributed by atoms with Gasteiger partial charge in [0.15, 0.2) is 0 Å². The van der Waals surface area contributed by atoms with Gasteiger partial charge in [-0.15, -0.1) is 0 Å². The first-order valence-electron chi connectivity index (χ1n) is 13.5. The van der Waals surface area contributed by atoms with E-state index < -0.39 is 0 Å². The van der Waals surface area contributed by atoms with Crippen LogP contribution in [0.1, 0.15) is 142 Å². The van der Waals surface area contributed by atoms with E-state index in [4.69, 9.17) is 0 Å². The van der Waals surface area contributed by atoms with Crippen LogP contribution in [-0.4, -0.2) is 4.57 Å². The van der Waals surface area contributed by atoms with Crippen LogP contribution in [0.4, 0.5) is 0 Å². The number of nitrogens with zero attached hydrogens (tertiary/aromatic N) is 1. The number of hydrogen-bond acceptors (Lipinski definition) is 0. The number of rotatable bonds is 22. The summed E-state index contributed by atoms with van der Waals surface area (Å²) in [6.45, 7) is 5.85. The summed E-state index contributed by atoms with van der Waals surface area (Å²) >= 11 is 0. The molecule has 1 aromatic rings. The fourth-order valence-corrected chi connectivity index (χ4v) is 4.60. The molecule has 1 heteroatoms. The molecule has 29 heavy (non-hydrogen) atoms. The zero-order valence-electron chi connectivity index (χ0n) is 20.2. The number of aromatic nitrogens is 1. The third-order valence-corrected chi connectivity index (χ3v) is 6.57. The van der Waals surface area contributed by atoms with Crippen LogP contribution in [0.5, 0.6) is 0 Å². The predicted molar refractivity (Wildman–Crippen MR) is 132 cm³/mol. The van der Waals surface area contributed by atoms with Crippen molar-refractivity contribution in [3.63, 3.8) is 0 Å². The highest BCUT2D eigenvalue weighted by atomic mass is 14.9. The van der Waals surface area contributed by atoms with Crippen LogP contribution in [0.2, 0.25) is 0 Å². The van der Waals surface area contributed by atoms with E-state index in [0.29, 0.717) is 0 Å². The van der Waals surface area contributed by atoms with Gasteiger partial charge in [-0.2, -0.15) is 0 Å². The van der Waals surface area contributed by atoms with Crippen LogP contribution in [0.3, 0.4) is 0 Å². The van der Waals surface area contributed by atoms with Gasteiger partial charge < -0.3 is 4.57 Å². The predicted octanol–water partition coefficient (Wildman–Crippen LogP) is 9.95. The Morgan fingerprint density at radius 2 is 0.828 bits per heavy atom. The average molecular weight is 404 g/mol. The molecule has 1 unspecified atom stereocenters. The zero-order chi connectivity index (χ0) is 20.8. The quantitative estimate of drug-likeness (QED) is 0.170. The molecule has 0 fully saturated rings. The Balaban J connectivity index is 2.07. The second-order valence-corrected chi connectivity index (χ2v) is 9.48. The zero-order valence-corrected chi connectivity index (χ0v) is 20.2. The smallest absolute Gasteiger partial charge is 0.0247 e. The summed E-state index contributed by atoms with van der Waals surface area (Å²) in [5.41, 5.74) is 0. The average Bonchev–Trinajstić information content (AvgIpc) is 3.24. The Hall–Kier alpha value is -0.720. The molecule has 0 bridgehead atoms. The summed E-state index contributed by atoms with van der Waals surface area (Å²) in [5.74, 6) is 0.886. The van der Waals surface area contributed by atoms with Gasteiger partial charge in [0, 0.05) is 18.9 Å². The Morgan fingerprint density at radius 1 is 0.483 bits per heavy atom. The van der Waals surface area contributed by atoms with Gasteiger partial charge in [-0.25, -0.2) is 0 Å². The molecule has 0 spiro atoms. The summed E-state index contributed by atoms with van der Waals surface area (Å²) < 4.78 is 2.41. The van der Waals surface area contributed by atoms with E-state index in [1.165, 1.54) is 135 Å². The van der Waals surface area contributed by atoms with Gasteiger partial charge in [-0.3, -0.25) is 0 Å². The minimum absolute atomic E-state index is 0.886. The summed E-state index contributed by atoms with van der Waals surface area (Å²) in [4.78, 5) is 0. The highest BCUT2D eigenvalue weighted by molar-refractivity contribution is 4.90. The topological polar surface area (TPSA) is 4.93 Å². The van der Waals surface area contributed by atoms with Crippen molar-refractivity contribution < 1.29 is 0 Å². The maximum Gasteiger partial charge on any atom is 0.0247 e. The van der Waals surface area contributed by atoms with Gasteiger partial charge in [-0.1, -0.05) is 129 Å². The van der Waals surface area contributed by atoms with E-state index >= 15 is 0 Å². The first-order valence-corrected chi connectivity index (χ1v) is 13.5. The van der Waals surface area contributed by atoms with Crippen molar-refractivity contribution in [1.82, 2.24) is 4.57 Å². The minimum atomic E-state index is 0.886. The summed E-state index contributed by atoms with van der Waals surface area (Å²) in [5, 5.41) is 0. The molecule has 0 aromatic carbocycles. The maximum absolute atomic E-state index is 2.41. The molecule has 0 aliphatic heterocycles. The van der Waals surface area contributed by atoms with Crippen LogP contribution in [0.15, 0.2) is 24.5 Å². The van der Waals surface area contributed by atoms with Crippen molar-refractivity contribution >= 4 is 0 Å². The van der Waals surface area contributed by atoms with E-state index in [0.717, 1.165) is 5.92 Å². The van der Waals surface area contributed by atoms with Crippen molar-refractivity contribution in [3.05, 3.63) is 24.5 Å². The van der Waals surface area contributed by atoms with Crippen LogP contribution in [-0.2, 0) is 6.54 Å². The first-order chi connectivity index (χ1) is 14.4. The molecule has 170 valence electrons. The van der Waals surface area contributed by atoms with E-state index in [2.05, 4.69) is 42.9 Å². The van der Waals surface area contributed by atoms with Crippen LogP contribution in [0.25, 0.3) is 0 Å². The highest BCUT2D eigenvalue weighted by Gasteiger charge is 2.09. The molecule has 1 heterocycles. The molecule has 1 rings (SSSR count). The van der Waals surface area contributed by atoms with E-state index in [-0.39, 0.29) is 0 Å². The third-order valence-electron chi connectivity index (χ3n) is 6.57. The van der Waals surface area contributed by atoms with Crippen molar-refractivity contribution in [2.75, 3.05) is 0 Å². The molecule has 0 radical (unpaired) electrons. The molecule has 0 amide bonds.